The minimum atomic E-state index is -0.0365. The van der Waals surface area contributed by atoms with Crippen molar-refractivity contribution in [3.8, 4) is 0 Å². The van der Waals surface area contributed by atoms with Gasteiger partial charge in [0.05, 0.1) is 12.9 Å². The van der Waals surface area contributed by atoms with E-state index in [9.17, 15) is 4.79 Å². The van der Waals surface area contributed by atoms with Crippen LogP contribution in [0.15, 0.2) is 41.0 Å². The maximum absolute atomic E-state index is 12.3. The predicted octanol–water partition coefficient (Wildman–Crippen LogP) is 3.82. The fraction of sp³-hybridized carbons (Fsp3) is 0.312. The monoisotopic (exact) mass is 305 g/mol. The van der Waals surface area contributed by atoms with Crippen LogP contribution < -0.4 is 5.32 Å². The van der Waals surface area contributed by atoms with Gasteiger partial charge in [-0.2, -0.15) is 0 Å². The Balaban J connectivity index is 1.70. The van der Waals surface area contributed by atoms with Crippen LogP contribution in [0.4, 0.5) is 5.69 Å². The number of halogens is 1. The molecule has 1 N–H and O–H groups in total. The van der Waals surface area contributed by atoms with Gasteiger partial charge in [0.2, 0.25) is 5.91 Å². The Morgan fingerprint density at radius 2 is 2.29 bits per heavy atom. The molecule has 1 saturated carbocycles. The summed E-state index contributed by atoms with van der Waals surface area (Å²) in [6, 6.07) is 9.19. The summed E-state index contributed by atoms with van der Waals surface area (Å²) in [7, 11) is 1.60. The number of anilines is 1. The van der Waals surface area contributed by atoms with Gasteiger partial charge in [0, 0.05) is 35.2 Å². The molecule has 21 heavy (non-hydrogen) atoms. The highest BCUT2D eigenvalue weighted by Crippen LogP contribution is 2.48. The zero-order chi connectivity index (χ0) is 14.8. The quantitative estimate of drug-likeness (QED) is 0.913. The Bertz CT molecular complexity index is 639. The molecule has 2 atom stereocenters. The van der Waals surface area contributed by atoms with Gasteiger partial charge in [-0.3, -0.25) is 4.79 Å². The normalized spacial score (nSPS) is 20.3. The van der Waals surface area contributed by atoms with Crippen molar-refractivity contribution in [2.24, 2.45) is 5.92 Å². The summed E-state index contributed by atoms with van der Waals surface area (Å²) in [6.45, 7) is 0.363. The van der Waals surface area contributed by atoms with Gasteiger partial charge in [-0.1, -0.05) is 17.7 Å². The third kappa shape index (κ3) is 2.96. The molecule has 110 valence electrons. The van der Waals surface area contributed by atoms with Crippen molar-refractivity contribution in [1.82, 2.24) is 0 Å². The minimum Gasteiger partial charge on any atom is -0.469 e. The molecule has 3 rings (SSSR count). The zero-order valence-electron chi connectivity index (χ0n) is 11.6. The second-order valence-corrected chi connectivity index (χ2v) is 5.56. The van der Waals surface area contributed by atoms with Crippen LogP contribution in [-0.4, -0.2) is 13.0 Å². The first kappa shape index (κ1) is 14.2. The second kappa shape index (κ2) is 5.92. The molecule has 1 amide bonds. The fourth-order valence-corrected chi connectivity index (χ4v) is 2.72. The van der Waals surface area contributed by atoms with E-state index in [0.29, 0.717) is 17.3 Å². The SMILES string of the molecule is COCc1c(Cl)cccc1NC(=O)[C@H]1C[C@H]1c1ccco1. The first-order valence-corrected chi connectivity index (χ1v) is 7.19. The van der Waals surface area contributed by atoms with E-state index >= 15 is 0 Å². The number of ether oxygens (including phenoxy) is 1. The Labute approximate surface area is 128 Å². The third-order valence-corrected chi connectivity index (χ3v) is 4.06. The Morgan fingerprint density at radius 3 is 3.00 bits per heavy atom. The molecule has 5 heteroatoms. The molecule has 1 aromatic carbocycles. The first-order valence-electron chi connectivity index (χ1n) is 6.81. The summed E-state index contributed by atoms with van der Waals surface area (Å²) in [5, 5.41) is 3.54. The molecule has 1 fully saturated rings. The molecule has 1 aliphatic rings. The standard InChI is InChI=1S/C16H16ClNO3/c1-20-9-12-13(17)4-2-5-14(12)18-16(19)11-8-10(11)15-6-3-7-21-15/h2-7,10-11H,8-9H2,1H3,(H,18,19)/t10-,11+/m1/s1. The Kier molecular flexibility index (Phi) is 3.99. The first-order chi connectivity index (χ1) is 10.2. The average Bonchev–Trinajstić information content (AvgIpc) is 3.09. The van der Waals surface area contributed by atoms with Gasteiger partial charge in [0.15, 0.2) is 0 Å². The summed E-state index contributed by atoms with van der Waals surface area (Å²) in [4.78, 5) is 12.3. The van der Waals surface area contributed by atoms with Crippen LogP contribution in [0.3, 0.4) is 0 Å². The van der Waals surface area contributed by atoms with Gasteiger partial charge in [-0.15, -0.1) is 0 Å². The van der Waals surface area contributed by atoms with Crippen molar-refractivity contribution in [3.63, 3.8) is 0 Å². The van der Waals surface area contributed by atoms with Crippen molar-refractivity contribution >= 4 is 23.2 Å². The van der Waals surface area contributed by atoms with Crippen LogP contribution >= 0.6 is 11.6 Å². The molecule has 0 radical (unpaired) electrons. The van der Waals surface area contributed by atoms with Gasteiger partial charge in [0.25, 0.3) is 0 Å². The number of methoxy groups -OCH3 is 1. The third-order valence-electron chi connectivity index (χ3n) is 3.70. The van der Waals surface area contributed by atoms with Gasteiger partial charge >= 0.3 is 0 Å². The molecule has 0 bridgehead atoms. The van der Waals surface area contributed by atoms with Gasteiger partial charge in [-0.05, 0) is 30.7 Å². The number of amides is 1. The second-order valence-electron chi connectivity index (χ2n) is 5.15. The van der Waals surface area contributed by atoms with E-state index in [-0.39, 0.29) is 17.7 Å². The summed E-state index contributed by atoms with van der Waals surface area (Å²) in [6.07, 6.45) is 2.45. The molecule has 1 aliphatic carbocycles. The molecular formula is C16H16ClNO3. The van der Waals surface area contributed by atoms with Crippen LogP contribution in [0.25, 0.3) is 0 Å². The Hall–Kier alpha value is -1.78. The van der Waals surface area contributed by atoms with Crippen molar-refractivity contribution in [2.75, 3.05) is 12.4 Å². The highest BCUT2D eigenvalue weighted by atomic mass is 35.5. The lowest BCUT2D eigenvalue weighted by Crippen LogP contribution is -2.16. The molecule has 0 saturated heterocycles. The van der Waals surface area contributed by atoms with Crippen molar-refractivity contribution < 1.29 is 13.9 Å². The molecule has 0 unspecified atom stereocenters. The Morgan fingerprint density at radius 1 is 1.43 bits per heavy atom. The van der Waals surface area contributed by atoms with Crippen LogP contribution in [-0.2, 0) is 16.1 Å². The minimum absolute atomic E-state index is 0.00369. The summed E-state index contributed by atoms with van der Waals surface area (Å²) >= 11 is 6.15. The fourth-order valence-electron chi connectivity index (χ4n) is 2.49. The summed E-state index contributed by atoms with van der Waals surface area (Å²) in [5.41, 5.74) is 1.50. The van der Waals surface area contributed by atoms with E-state index in [2.05, 4.69) is 5.32 Å². The lowest BCUT2D eigenvalue weighted by molar-refractivity contribution is -0.117. The largest absolute Gasteiger partial charge is 0.469 e. The number of hydrogen-bond acceptors (Lipinski definition) is 3. The van der Waals surface area contributed by atoms with Crippen LogP contribution in [0.2, 0.25) is 5.02 Å². The molecule has 0 spiro atoms. The van der Waals surface area contributed by atoms with E-state index in [1.165, 1.54) is 0 Å². The smallest absolute Gasteiger partial charge is 0.228 e. The number of rotatable bonds is 5. The van der Waals surface area contributed by atoms with E-state index < -0.39 is 0 Å². The number of benzene rings is 1. The summed E-state index contributed by atoms with van der Waals surface area (Å²) in [5.74, 6) is 1.02. The average molecular weight is 306 g/mol. The number of carbonyl (C=O) groups is 1. The maximum atomic E-state index is 12.3. The predicted molar refractivity (Wildman–Crippen MR) is 80.4 cm³/mol. The van der Waals surface area contributed by atoms with Gasteiger partial charge in [-0.25, -0.2) is 0 Å². The number of carbonyl (C=O) groups excluding carboxylic acids is 1. The van der Waals surface area contributed by atoms with E-state index in [1.807, 2.05) is 24.3 Å². The maximum Gasteiger partial charge on any atom is 0.228 e. The van der Waals surface area contributed by atoms with E-state index in [4.69, 9.17) is 20.8 Å². The van der Waals surface area contributed by atoms with Crippen molar-refractivity contribution in [2.45, 2.75) is 18.9 Å². The van der Waals surface area contributed by atoms with Crippen LogP contribution in [0.5, 0.6) is 0 Å². The topological polar surface area (TPSA) is 51.5 Å². The molecule has 4 nitrogen and oxygen atoms in total. The lowest BCUT2D eigenvalue weighted by atomic mass is 10.1. The van der Waals surface area contributed by atoms with Crippen molar-refractivity contribution in [3.05, 3.63) is 52.9 Å². The lowest BCUT2D eigenvalue weighted by Gasteiger charge is -2.12. The summed E-state index contributed by atoms with van der Waals surface area (Å²) < 4.78 is 10.5. The molecular weight excluding hydrogens is 290 g/mol. The van der Waals surface area contributed by atoms with Crippen LogP contribution in [0, 0.1) is 5.92 Å². The van der Waals surface area contributed by atoms with Crippen molar-refractivity contribution in [1.29, 1.82) is 0 Å². The highest BCUT2D eigenvalue weighted by molar-refractivity contribution is 6.31. The van der Waals surface area contributed by atoms with Gasteiger partial charge in [0.1, 0.15) is 5.76 Å². The van der Waals surface area contributed by atoms with E-state index in [0.717, 1.165) is 17.7 Å². The molecule has 1 heterocycles. The van der Waals surface area contributed by atoms with Crippen LogP contribution in [0.1, 0.15) is 23.7 Å². The number of hydrogen-bond donors (Lipinski definition) is 1. The molecule has 0 aliphatic heterocycles. The molecule has 1 aromatic heterocycles. The molecule has 2 aromatic rings. The van der Waals surface area contributed by atoms with E-state index in [1.54, 1.807) is 19.4 Å². The zero-order valence-corrected chi connectivity index (χ0v) is 12.4. The van der Waals surface area contributed by atoms with Gasteiger partial charge < -0.3 is 14.5 Å². The number of furan rings is 1. The highest BCUT2D eigenvalue weighted by Gasteiger charge is 2.45. The number of nitrogens with one attached hydrogen (secondary N) is 1.